The minimum atomic E-state index is -0.0594. The molecule has 2 aromatic carbocycles. The Hall–Kier alpha value is -2.37. The molecule has 1 aromatic heterocycles. The van der Waals surface area contributed by atoms with Gasteiger partial charge in [-0.2, -0.15) is 0 Å². The molecule has 1 N–H and O–H groups in total. The number of aromatic nitrogens is 1. The van der Waals surface area contributed by atoms with Crippen LogP contribution in [-0.2, 0) is 11.2 Å². The summed E-state index contributed by atoms with van der Waals surface area (Å²) in [6.07, 6.45) is 1.05. The number of benzene rings is 2. The molecule has 0 atom stereocenters. The highest BCUT2D eigenvalue weighted by molar-refractivity contribution is 7.14. The average Bonchev–Trinajstić information content (AvgIpc) is 3.09. The van der Waals surface area contributed by atoms with Crippen LogP contribution in [0, 0.1) is 0 Å². The van der Waals surface area contributed by atoms with E-state index in [0.29, 0.717) is 23.0 Å². The molecule has 25 heavy (non-hydrogen) atoms. The molecule has 3 rings (SSSR count). The van der Waals surface area contributed by atoms with E-state index in [9.17, 15) is 4.79 Å². The molecule has 4 nitrogen and oxygen atoms in total. The predicted octanol–water partition coefficient (Wildman–Crippen LogP) is 5.04. The second kappa shape index (κ2) is 8.14. The first-order valence-electron chi connectivity index (χ1n) is 7.79. The van der Waals surface area contributed by atoms with Gasteiger partial charge in [-0.05, 0) is 36.2 Å². The molecule has 6 heteroatoms. The van der Waals surface area contributed by atoms with Crippen molar-refractivity contribution >= 4 is 34.0 Å². The van der Waals surface area contributed by atoms with E-state index in [0.717, 1.165) is 22.6 Å². The van der Waals surface area contributed by atoms with Crippen molar-refractivity contribution in [1.82, 2.24) is 4.98 Å². The lowest BCUT2D eigenvalue weighted by Crippen LogP contribution is -2.12. The van der Waals surface area contributed by atoms with Crippen molar-refractivity contribution in [2.24, 2.45) is 0 Å². The number of thiazole rings is 1. The van der Waals surface area contributed by atoms with Gasteiger partial charge in [0.2, 0.25) is 5.91 Å². The highest BCUT2D eigenvalue weighted by Gasteiger charge is 2.11. The smallest absolute Gasteiger partial charge is 0.226 e. The number of para-hydroxylation sites is 1. The van der Waals surface area contributed by atoms with Gasteiger partial charge in [0.15, 0.2) is 5.13 Å². The van der Waals surface area contributed by atoms with E-state index in [-0.39, 0.29) is 5.91 Å². The fourth-order valence-electron chi connectivity index (χ4n) is 2.40. The van der Waals surface area contributed by atoms with E-state index in [2.05, 4.69) is 10.3 Å². The van der Waals surface area contributed by atoms with Crippen molar-refractivity contribution in [2.45, 2.75) is 12.8 Å². The Balaban J connectivity index is 1.61. The maximum absolute atomic E-state index is 12.1. The molecule has 3 aromatic rings. The SMILES string of the molecule is COc1ccccc1-c1csc(NC(=O)CCc2ccc(Cl)cc2)n1. The predicted molar refractivity (Wildman–Crippen MR) is 103 cm³/mol. The zero-order chi connectivity index (χ0) is 17.6. The van der Waals surface area contributed by atoms with Crippen LogP contribution in [-0.4, -0.2) is 18.0 Å². The van der Waals surface area contributed by atoms with Crippen molar-refractivity contribution in [1.29, 1.82) is 0 Å². The number of aryl methyl sites for hydroxylation is 1. The third-order valence-electron chi connectivity index (χ3n) is 3.69. The van der Waals surface area contributed by atoms with Gasteiger partial charge in [-0.15, -0.1) is 11.3 Å². The number of anilines is 1. The van der Waals surface area contributed by atoms with Crippen LogP contribution in [0.1, 0.15) is 12.0 Å². The van der Waals surface area contributed by atoms with E-state index in [1.165, 1.54) is 11.3 Å². The van der Waals surface area contributed by atoms with Crippen LogP contribution in [0.15, 0.2) is 53.9 Å². The molecular formula is C19H17ClN2O2S. The molecule has 1 heterocycles. The Morgan fingerprint density at radius 2 is 1.96 bits per heavy atom. The summed E-state index contributed by atoms with van der Waals surface area (Å²) in [5.41, 5.74) is 2.77. The average molecular weight is 373 g/mol. The summed E-state index contributed by atoms with van der Waals surface area (Å²) in [5.74, 6) is 0.698. The van der Waals surface area contributed by atoms with E-state index in [1.54, 1.807) is 7.11 Å². The number of nitrogens with zero attached hydrogens (tertiary/aromatic N) is 1. The fourth-order valence-corrected chi connectivity index (χ4v) is 3.25. The maximum Gasteiger partial charge on any atom is 0.226 e. The van der Waals surface area contributed by atoms with E-state index in [1.807, 2.05) is 53.9 Å². The van der Waals surface area contributed by atoms with E-state index in [4.69, 9.17) is 16.3 Å². The standard InChI is InChI=1S/C19H17ClN2O2S/c1-24-17-5-3-2-4-15(17)16-12-25-19(21-16)22-18(23)11-8-13-6-9-14(20)10-7-13/h2-7,9-10,12H,8,11H2,1H3,(H,21,22,23). The highest BCUT2D eigenvalue weighted by Crippen LogP contribution is 2.31. The summed E-state index contributed by atoms with van der Waals surface area (Å²) >= 11 is 7.26. The number of rotatable bonds is 6. The maximum atomic E-state index is 12.1. The zero-order valence-corrected chi connectivity index (χ0v) is 15.2. The van der Waals surface area contributed by atoms with Gasteiger partial charge in [0.1, 0.15) is 5.75 Å². The number of hydrogen-bond acceptors (Lipinski definition) is 4. The molecule has 0 unspecified atom stereocenters. The summed E-state index contributed by atoms with van der Waals surface area (Å²) in [6.45, 7) is 0. The quantitative estimate of drug-likeness (QED) is 0.659. The third-order valence-corrected chi connectivity index (χ3v) is 4.70. The molecule has 128 valence electrons. The molecular weight excluding hydrogens is 356 g/mol. The second-order valence-corrected chi connectivity index (χ2v) is 6.71. The van der Waals surface area contributed by atoms with Crippen molar-refractivity contribution in [2.75, 3.05) is 12.4 Å². The summed E-state index contributed by atoms with van der Waals surface area (Å²) in [4.78, 5) is 16.6. The second-order valence-electron chi connectivity index (χ2n) is 5.41. The Bertz CT molecular complexity index is 862. The molecule has 0 radical (unpaired) electrons. The first kappa shape index (κ1) is 17.5. The number of carbonyl (C=O) groups excluding carboxylic acids is 1. The largest absolute Gasteiger partial charge is 0.496 e. The van der Waals surface area contributed by atoms with Gasteiger partial charge in [-0.25, -0.2) is 4.98 Å². The van der Waals surface area contributed by atoms with Gasteiger partial charge in [0, 0.05) is 22.4 Å². The summed E-state index contributed by atoms with van der Waals surface area (Å²) < 4.78 is 5.35. The van der Waals surface area contributed by atoms with Gasteiger partial charge in [0.05, 0.1) is 12.8 Å². The molecule has 0 aliphatic carbocycles. The fraction of sp³-hybridized carbons (Fsp3) is 0.158. The number of amides is 1. The number of carbonyl (C=O) groups is 1. The van der Waals surface area contributed by atoms with Gasteiger partial charge in [0.25, 0.3) is 0 Å². The lowest BCUT2D eigenvalue weighted by atomic mass is 10.1. The first-order chi connectivity index (χ1) is 12.2. The Morgan fingerprint density at radius 3 is 2.72 bits per heavy atom. The molecule has 1 amide bonds. The summed E-state index contributed by atoms with van der Waals surface area (Å²) in [6, 6.07) is 15.2. The molecule has 0 bridgehead atoms. The Morgan fingerprint density at radius 1 is 1.20 bits per heavy atom. The van der Waals surface area contributed by atoms with Gasteiger partial charge >= 0.3 is 0 Å². The van der Waals surface area contributed by atoms with E-state index >= 15 is 0 Å². The lowest BCUT2D eigenvalue weighted by Gasteiger charge is -2.05. The molecule has 0 aliphatic rings. The first-order valence-corrected chi connectivity index (χ1v) is 9.04. The molecule has 0 aliphatic heterocycles. The number of halogens is 1. The number of ether oxygens (including phenoxy) is 1. The van der Waals surface area contributed by atoms with Gasteiger partial charge in [-0.1, -0.05) is 35.9 Å². The zero-order valence-electron chi connectivity index (χ0n) is 13.7. The summed E-state index contributed by atoms with van der Waals surface area (Å²) in [5, 5.41) is 6.04. The normalized spacial score (nSPS) is 10.5. The topological polar surface area (TPSA) is 51.2 Å². The lowest BCUT2D eigenvalue weighted by molar-refractivity contribution is -0.116. The van der Waals surface area contributed by atoms with Crippen LogP contribution < -0.4 is 10.1 Å². The van der Waals surface area contributed by atoms with Crippen LogP contribution >= 0.6 is 22.9 Å². The number of methoxy groups -OCH3 is 1. The molecule has 0 fully saturated rings. The van der Waals surface area contributed by atoms with Crippen LogP contribution in [0.4, 0.5) is 5.13 Å². The third kappa shape index (κ3) is 4.59. The Labute approximate surface area is 155 Å². The highest BCUT2D eigenvalue weighted by atomic mass is 35.5. The van der Waals surface area contributed by atoms with Crippen LogP contribution in [0.5, 0.6) is 5.75 Å². The van der Waals surface area contributed by atoms with Crippen molar-refractivity contribution in [3.8, 4) is 17.0 Å². The number of nitrogens with one attached hydrogen (secondary N) is 1. The minimum absolute atomic E-state index is 0.0594. The van der Waals surface area contributed by atoms with Crippen LogP contribution in [0.25, 0.3) is 11.3 Å². The van der Waals surface area contributed by atoms with Crippen LogP contribution in [0.2, 0.25) is 5.02 Å². The van der Waals surface area contributed by atoms with Gasteiger partial charge < -0.3 is 10.1 Å². The molecule has 0 spiro atoms. The molecule has 0 saturated heterocycles. The van der Waals surface area contributed by atoms with Gasteiger partial charge in [-0.3, -0.25) is 4.79 Å². The van der Waals surface area contributed by atoms with Crippen LogP contribution in [0.3, 0.4) is 0 Å². The van der Waals surface area contributed by atoms with E-state index < -0.39 is 0 Å². The number of hydrogen-bond donors (Lipinski definition) is 1. The van der Waals surface area contributed by atoms with Crippen molar-refractivity contribution in [3.63, 3.8) is 0 Å². The molecule has 0 saturated carbocycles. The van der Waals surface area contributed by atoms with Crippen molar-refractivity contribution < 1.29 is 9.53 Å². The minimum Gasteiger partial charge on any atom is -0.496 e. The monoisotopic (exact) mass is 372 g/mol. The Kier molecular flexibility index (Phi) is 5.68. The summed E-state index contributed by atoms with van der Waals surface area (Å²) in [7, 11) is 1.63. The van der Waals surface area contributed by atoms with Crippen molar-refractivity contribution in [3.05, 3.63) is 64.5 Å².